The summed E-state index contributed by atoms with van der Waals surface area (Å²) in [5, 5.41) is 9.59. The molecule has 0 aliphatic heterocycles. The van der Waals surface area contributed by atoms with Gasteiger partial charge in [-0.25, -0.2) is 13.1 Å². The number of hydrogen-bond acceptors (Lipinski definition) is 3. The lowest BCUT2D eigenvalue weighted by molar-refractivity contribution is 0.117. The van der Waals surface area contributed by atoms with Gasteiger partial charge in [0.1, 0.15) is 0 Å². The van der Waals surface area contributed by atoms with E-state index in [9.17, 15) is 13.5 Å². The van der Waals surface area contributed by atoms with Crippen LogP contribution in [-0.2, 0) is 10.0 Å². The summed E-state index contributed by atoms with van der Waals surface area (Å²) in [5.74, 6) is 0. The standard InChI is InChI=1S/C12H15Br2NO3S/c13-8-4-5-11(14)12(6-8)19(17,18)15-9-2-1-3-10(16)7-9/h4-6,9-10,15-16H,1-3,7H2. The Hall–Kier alpha value is 0.0500. The molecule has 2 atom stereocenters. The summed E-state index contributed by atoms with van der Waals surface area (Å²) in [7, 11) is -3.57. The number of rotatable bonds is 3. The van der Waals surface area contributed by atoms with Crippen LogP contribution in [0.2, 0.25) is 0 Å². The van der Waals surface area contributed by atoms with Gasteiger partial charge in [0.2, 0.25) is 10.0 Å². The van der Waals surface area contributed by atoms with Crippen molar-refractivity contribution in [1.82, 2.24) is 4.72 Å². The molecule has 1 aromatic carbocycles. The lowest BCUT2D eigenvalue weighted by Crippen LogP contribution is -2.39. The first-order valence-electron chi connectivity index (χ1n) is 6.04. The van der Waals surface area contributed by atoms with Crippen LogP contribution < -0.4 is 4.72 Å². The molecule has 2 unspecified atom stereocenters. The van der Waals surface area contributed by atoms with E-state index in [4.69, 9.17) is 0 Å². The lowest BCUT2D eigenvalue weighted by Gasteiger charge is -2.26. The van der Waals surface area contributed by atoms with E-state index >= 15 is 0 Å². The minimum atomic E-state index is -3.57. The quantitative estimate of drug-likeness (QED) is 0.802. The summed E-state index contributed by atoms with van der Waals surface area (Å²) in [6.45, 7) is 0. The first-order chi connectivity index (χ1) is 8.88. The van der Waals surface area contributed by atoms with Gasteiger partial charge in [0.25, 0.3) is 0 Å². The van der Waals surface area contributed by atoms with Gasteiger partial charge < -0.3 is 5.11 Å². The second kappa shape index (κ2) is 6.22. The molecule has 0 aromatic heterocycles. The summed E-state index contributed by atoms with van der Waals surface area (Å²) < 4.78 is 28.6. The van der Waals surface area contributed by atoms with E-state index in [1.165, 1.54) is 0 Å². The summed E-state index contributed by atoms with van der Waals surface area (Å²) in [6, 6.07) is 4.83. The van der Waals surface area contributed by atoms with E-state index in [-0.39, 0.29) is 10.9 Å². The van der Waals surface area contributed by atoms with Gasteiger partial charge in [-0.3, -0.25) is 0 Å². The van der Waals surface area contributed by atoms with Crippen LogP contribution in [0.1, 0.15) is 25.7 Å². The average molecular weight is 413 g/mol. The molecular weight excluding hydrogens is 398 g/mol. The molecule has 1 aromatic rings. The fourth-order valence-corrected chi connectivity index (χ4v) is 5.02. The Morgan fingerprint density at radius 2 is 2.00 bits per heavy atom. The van der Waals surface area contributed by atoms with Crippen molar-refractivity contribution in [3.05, 3.63) is 27.1 Å². The third-order valence-corrected chi connectivity index (χ3v) is 6.16. The van der Waals surface area contributed by atoms with Crippen molar-refractivity contribution in [2.24, 2.45) is 0 Å². The van der Waals surface area contributed by atoms with Gasteiger partial charge in [0.05, 0.1) is 11.0 Å². The number of nitrogens with one attached hydrogen (secondary N) is 1. The molecule has 7 heteroatoms. The van der Waals surface area contributed by atoms with Crippen molar-refractivity contribution < 1.29 is 13.5 Å². The van der Waals surface area contributed by atoms with Crippen molar-refractivity contribution >= 4 is 41.9 Å². The first-order valence-corrected chi connectivity index (χ1v) is 9.11. The lowest BCUT2D eigenvalue weighted by atomic mass is 9.94. The Balaban J connectivity index is 2.20. The maximum Gasteiger partial charge on any atom is 0.241 e. The molecule has 0 spiro atoms. The summed E-state index contributed by atoms with van der Waals surface area (Å²) >= 11 is 6.52. The predicted octanol–water partition coefficient (Wildman–Crippen LogP) is 2.79. The smallest absolute Gasteiger partial charge is 0.241 e. The van der Waals surface area contributed by atoms with E-state index in [1.54, 1.807) is 18.2 Å². The van der Waals surface area contributed by atoms with E-state index in [0.29, 0.717) is 15.4 Å². The molecule has 0 saturated heterocycles. The second-order valence-corrected chi connectivity index (χ2v) is 8.17. The molecule has 106 valence electrons. The zero-order chi connectivity index (χ0) is 14.0. The number of hydrogen-bond donors (Lipinski definition) is 2. The Morgan fingerprint density at radius 3 is 2.68 bits per heavy atom. The number of halogens is 2. The highest BCUT2D eigenvalue weighted by Crippen LogP contribution is 2.27. The third kappa shape index (κ3) is 4.01. The van der Waals surface area contributed by atoms with Crippen LogP contribution in [0.25, 0.3) is 0 Å². The highest BCUT2D eigenvalue weighted by atomic mass is 79.9. The van der Waals surface area contributed by atoms with Crippen LogP contribution in [0, 0.1) is 0 Å². The summed E-state index contributed by atoms with van der Waals surface area (Å²) in [4.78, 5) is 0.210. The largest absolute Gasteiger partial charge is 0.393 e. The normalized spacial score (nSPS) is 24.4. The topological polar surface area (TPSA) is 66.4 Å². The molecule has 1 aliphatic rings. The van der Waals surface area contributed by atoms with Crippen molar-refractivity contribution in [3.8, 4) is 0 Å². The third-order valence-electron chi connectivity index (χ3n) is 3.15. The van der Waals surface area contributed by atoms with Crippen molar-refractivity contribution in [1.29, 1.82) is 0 Å². The summed E-state index contributed by atoms with van der Waals surface area (Å²) in [5.41, 5.74) is 0. The molecule has 0 radical (unpaired) electrons. The second-order valence-electron chi connectivity index (χ2n) is 4.71. The van der Waals surface area contributed by atoms with Crippen LogP contribution >= 0.6 is 31.9 Å². The predicted molar refractivity (Wildman–Crippen MR) is 80.4 cm³/mol. The van der Waals surface area contributed by atoms with Gasteiger partial charge in [0, 0.05) is 15.0 Å². The maximum absolute atomic E-state index is 12.3. The minimum Gasteiger partial charge on any atom is -0.393 e. The fraction of sp³-hybridized carbons (Fsp3) is 0.500. The van der Waals surface area contributed by atoms with Gasteiger partial charge in [-0.15, -0.1) is 0 Å². The van der Waals surface area contributed by atoms with Crippen LogP contribution in [0.5, 0.6) is 0 Å². The van der Waals surface area contributed by atoms with Gasteiger partial charge in [-0.1, -0.05) is 15.9 Å². The maximum atomic E-state index is 12.3. The molecule has 1 saturated carbocycles. The molecule has 0 heterocycles. The Morgan fingerprint density at radius 1 is 1.26 bits per heavy atom. The average Bonchev–Trinajstić information content (AvgIpc) is 2.31. The molecule has 4 nitrogen and oxygen atoms in total. The molecule has 19 heavy (non-hydrogen) atoms. The van der Waals surface area contributed by atoms with Crippen LogP contribution in [0.4, 0.5) is 0 Å². The number of aliphatic hydroxyl groups is 1. The highest BCUT2D eigenvalue weighted by Gasteiger charge is 2.26. The fourth-order valence-electron chi connectivity index (χ4n) is 2.24. The Labute approximate surface area is 129 Å². The molecule has 1 aliphatic carbocycles. The van der Waals surface area contributed by atoms with Crippen LogP contribution in [-0.4, -0.2) is 25.7 Å². The van der Waals surface area contributed by atoms with Gasteiger partial charge in [-0.05, 0) is 59.8 Å². The number of benzene rings is 1. The zero-order valence-corrected chi connectivity index (χ0v) is 14.1. The van der Waals surface area contributed by atoms with E-state index in [1.807, 2.05) is 0 Å². The van der Waals surface area contributed by atoms with Gasteiger partial charge in [-0.2, -0.15) is 0 Å². The summed E-state index contributed by atoms with van der Waals surface area (Å²) in [6.07, 6.45) is 2.42. The van der Waals surface area contributed by atoms with Gasteiger partial charge >= 0.3 is 0 Å². The Bertz CT molecular complexity index is 562. The van der Waals surface area contributed by atoms with E-state index < -0.39 is 16.1 Å². The molecule has 0 bridgehead atoms. The molecule has 0 amide bonds. The number of sulfonamides is 1. The van der Waals surface area contributed by atoms with Gasteiger partial charge in [0.15, 0.2) is 0 Å². The Kier molecular flexibility index (Phi) is 5.05. The molecule has 2 N–H and O–H groups in total. The first kappa shape index (κ1) is 15.4. The van der Waals surface area contributed by atoms with Crippen molar-refractivity contribution in [2.45, 2.75) is 42.7 Å². The molecule has 2 rings (SSSR count). The van der Waals surface area contributed by atoms with Crippen LogP contribution in [0.15, 0.2) is 32.0 Å². The zero-order valence-electron chi connectivity index (χ0n) is 10.1. The van der Waals surface area contributed by atoms with Crippen LogP contribution in [0.3, 0.4) is 0 Å². The van der Waals surface area contributed by atoms with Crippen molar-refractivity contribution in [2.75, 3.05) is 0 Å². The molecular formula is C12H15Br2NO3S. The SMILES string of the molecule is O=S(=O)(NC1CCCC(O)C1)c1cc(Br)ccc1Br. The van der Waals surface area contributed by atoms with E-state index in [0.717, 1.165) is 19.3 Å². The number of aliphatic hydroxyl groups excluding tert-OH is 1. The minimum absolute atomic E-state index is 0.195. The highest BCUT2D eigenvalue weighted by molar-refractivity contribution is 9.11. The van der Waals surface area contributed by atoms with E-state index in [2.05, 4.69) is 36.6 Å². The molecule has 1 fully saturated rings. The monoisotopic (exact) mass is 411 g/mol. The van der Waals surface area contributed by atoms with Crippen molar-refractivity contribution in [3.63, 3.8) is 0 Å².